The first-order chi connectivity index (χ1) is 13.2. The summed E-state index contributed by atoms with van der Waals surface area (Å²) in [7, 11) is 0. The summed E-state index contributed by atoms with van der Waals surface area (Å²) in [5.74, 6) is 0.849. The van der Waals surface area contributed by atoms with E-state index in [1.54, 1.807) is 0 Å². The van der Waals surface area contributed by atoms with Crippen LogP contribution in [0, 0.1) is 5.41 Å². The molecule has 2 atom stereocenters. The number of aliphatic hydroxyl groups excluding tert-OH is 1. The molecule has 7 heteroatoms. The monoisotopic (exact) mass is 502 g/mol. The zero-order valence-electron chi connectivity index (χ0n) is 17.1. The number of fused-ring (bicyclic) bond motifs is 1. The minimum absolute atomic E-state index is 0. The van der Waals surface area contributed by atoms with E-state index < -0.39 is 0 Å². The molecule has 2 unspecified atom stereocenters. The van der Waals surface area contributed by atoms with Gasteiger partial charge in [-0.25, -0.2) is 0 Å². The van der Waals surface area contributed by atoms with Crippen molar-refractivity contribution >= 4 is 35.6 Å². The lowest BCUT2D eigenvalue weighted by Crippen LogP contribution is -2.43. The number of benzene rings is 1. The number of rotatable bonds is 8. The van der Waals surface area contributed by atoms with E-state index in [-0.39, 0.29) is 36.0 Å². The van der Waals surface area contributed by atoms with Gasteiger partial charge in [0, 0.05) is 50.0 Å². The molecule has 0 aromatic heterocycles. The lowest BCUT2D eigenvalue weighted by atomic mass is 9.84. The minimum Gasteiger partial charge on any atom is -0.396 e. The van der Waals surface area contributed by atoms with Crippen LogP contribution in [0.1, 0.15) is 32.3 Å². The molecule has 28 heavy (non-hydrogen) atoms. The van der Waals surface area contributed by atoms with Gasteiger partial charge in [-0.05, 0) is 44.7 Å². The fourth-order valence-corrected chi connectivity index (χ4v) is 4.14. The Labute approximate surface area is 186 Å². The van der Waals surface area contributed by atoms with Crippen LogP contribution < -0.4 is 15.5 Å². The highest BCUT2D eigenvalue weighted by Gasteiger charge is 2.34. The standard InChI is InChI=1S/C21H34N4O2.HI/c1-3-22-20(24-15-21(8-12-26)9-13-27-16-21)23-10-11-25-17(2)14-18-6-4-5-7-19(18)25;/h4-7,17,26H,3,8-16H2,1-2H3,(H2,22,23,24);1H. The van der Waals surface area contributed by atoms with E-state index in [0.717, 1.165) is 51.5 Å². The van der Waals surface area contributed by atoms with Gasteiger partial charge in [0.05, 0.1) is 13.2 Å². The first kappa shape index (κ1) is 23.2. The predicted molar refractivity (Wildman–Crippen MR) is 126 cm³/mol. The Bertz CT molecular complexity index is 635. The minimum atomic E-state index is -0.0144. The topological polar surface area (TPSA) is 69.1 Å². The third kappa shape index (κ3) is 5.73. The Morgan fingerprint density at radius 3 is 2.89 bits per heavy atom. The van der Waals surface area contributed by atoms with Crippen molar-refractivity contribution in [3.05, 3.63) is 29.8 Å². The number of aliphatic imine (C=N–C) groups is 1. The van der Waals surface area contributed by atoms with Crippen LogP contribution in [0.25, 0.3) is 0 Å². The van der Waals surface area contributed by atoms with Crippen LogP contribution in [0.3, 0.4) is 0 Å². The molecule has 2 heterocycles. The van der Waals surface area contributed by atoms with Crippen LogP contribution in [-0.2, 0) is 11.2 Å². The number of hydrogen-bond acceptors (Lipinski definition) is 4. The highest BCUT2D eigenvalue weighted by Crippen LogP contribution is 2.33. The molecule has 0 aliphatic carbocycles. The summed E-state index contributed by atoms with van der Waals surface area (Å²) in [6.07, 6.45) is 2.84. The second kappa shape index (κ2) is 11.2. The predicted octanol–water partition coefficient (Wildman–Crippen LogP) is 2.40. The average Bonchev–Trinajstić information content (AvgIpc) is 3.25. The summed E-state index contributed by atoms with van der Waals surface area (Å²) < 4.78 is 5.57. The molecule has 158 valence electrons. The third-order valence-electron chi connectivity index (χ3n) is 5.74. The molecule has 6 nitrogen and oxygen atoms in total. The third-order valence-corrected chi connectivity index (χ3v) is 5.74. The van der Waals surface area contributed by atoms with Gasteiger partial charge in [-0.2, -0.15) is 0 Å². The van der Waals surface area contributed by atoms with Gasteiger partial charge < -0.3 is 25.4 Å². The highest BCUT2D eigenvalue weighted by molar-refractivity contribution is 14.0. The first-order valence-electron chi connectivity index (χ1n) is 10.2. The summed E-state index contributed by atoms with van der Waals surface area (Å²) in [6, 6.07) is 9.23. The number of ether oxygens (including phenoxy) is 1. The van der Waals surface area contributed by atoms with Crippen molar-refractivity contribution in [1.29, 1.82) is 0 Å². The van der Waals surface area contributed by atoms with Gasteiger partial charge in [-0.15, -0.1) is 24.0 Å². The van der Waals surface area contributed by atoms with Crippen molar-refractivity contribution in [1.82, 2.24) is 10.6 Å². The fraction of sp³-hybridized carbons (Fsp3) is 0.667. The summed E-state index contributed by atoms with van der Waals surface area (Å²) in [5, 5.41) is 16.2. The molecule has 0 radical (unpaired) electrons. The smallest absolute Gasteiger partial charge is 0.191 e. The first-order valence-corrected chi connectivity index (χ1v) is 10.2. The van der Waals surface area contributed by atoms with Crippen LogP contribution >= 0.6 is 24.0 Å². The zero-order valence-corrected chi connectivity index (χ0v) is 19.4. The number of guanidine groups is 1. The van der Waals surface area contributed by atoms with E-state index in [4.69, 9.17) is 9.73 Å². The molecule has 0 spiro atoms. The summed E-state index contributed by atoms with van der Waals surface area (Å²) in [4.78, 5) is 7.27. The Balaban J connectivity index is 0.00000280. The van der Waals surface area contributed by atoms with Gasteiger partial charge in [-0.3, -0.25) is 4.99 Å². The molecular formula is C21H35IN4O2. The Morgan fingerprint density at radius 1 is 1.36 bits per heavy atom. The number of aliphatic hydroxyl groups is 1. The van der Waals surface area contributed by atoms with Crippen molar-refractivity contribution in [2.45, 2.75) is 39.2 Å². The molecule has 0 bridgehead atoms. The van der Waals surface area contributed by atoms with Gasteiger partial charge in [0.15, 0.2) is 5.96 Å². The van der Waals surface area contributed by atoms with Crippen molar-refractivity contribution in [2.75, 3.05) is 50.9 Å². The van der Waals surface area contributed by atoms with E-state index in [0.29, 0.717) is 19.2 Å². The van der Waals surface area contributed by atoms with E-state index >= 15 is 0 Å². The molecule has 1 saturated heterocycles. The molecule has 2 aliphatic heterocycles. The Morgan fingerprint density at radius 2 is 2.18 bits per heavy atom. The summed E-state index contributed by atoms with van der Waals surface area (Å²) in [6.45, 7) is 9.33. The normalized spacial score (nSPS) is 24.0. The number of nitrogens with one attached hydrogen (secondary N) is 2. The quantitative estimate of drug-likeness (QED) is 0.290. The lowest BCUT2D eigenvalue weighted by molar-refractivity contribution is 0.131. The van der Waals surface area contributed by atoms with Gasteiger partial charge in [0.2, 0.25) is 0 Å². The molecule has 0 amide bonds. The van der Waals surface area contributed by atoms with Crippen molar-refractivity contribution in [3.63, 3.8) is 0 Å². The molecule has 3 N–H and O–H groups in total. The van der Waals surface area contributed by atoms with Crippen LogP contribution in [-0.4, -0.2) is 63.1 Å². The van der Waals surface area contributed by atoms with Gasteiger partial charge in [-0.1, -0.05) is 18.2 Å². The van der Waals surface area contributed by atoms with Crippen LogP contribution in [0.4, 0.5) is 5.69 Å². The summed E-state index contributed by atoms with van der Waals surface area (Å²) in [5.41, 5.74) is 2.79. The Kier molecular flexibility index (Phi) is 9.30. The molecule has 2 aliphatic rings. The summed E-state index contributed by atoms with van der Waals surface area (Å²) >= 11 is 0. The SMILES string of the molecule is CCNC(=NCC1(CCO)CCOC1)NCCN1c2ccccc2CC1C.I. The molecule has 0 saturated carbocycles. The van der Waals surface area contributed by atoms with Crippen LogP contribution in [0.5, 0.6) is 0 Å². The fourth-order valence-electron chi connectivity index (χ4n) is 4.14. The lowest BCUT2D eigenvalue weighted by Gasteiger charge is -2.26. The maximum absolute atomic E-state index is 9.39. The average molecular weight is 502 g/mol. The maximum atomic E-state index is 9.39. The number of para-hydroxylation sites is 1. The second-order valence-electron chi connectivity index (χ2n) is 7.77. The number of anilines is 1. The van der Waals surface area contributed by atoms with E-state index in [1.165, 1.54) is 11.3 Å². The maximum Gasteiger partial charge on any atom is 0.191 e. The van der Waals surface area contributed by atoms with Gasteiger partial charge in [0.25, 0.3) is 0 Å². The molecular weight excluding hydrogens is 467 g/mol. The van der Waals surface area contributed by atoms with E-state index in [2.05, 4.69) is 53.6 Å². The molecule has 1 aromatic carbocycles. The highest BCUT2D eigenvalue weighted by atomic mass is 127. The Hall–Kier alpha value is -1.06. The van der Waals surface area contributed by atoms with Crippen LogP contribution in [0.15, 0.2) is 29.3 Å². The molecule has 1 aromatic rings. The number of halogens is 1. The molecule has 1 fully saturated rings. The van der Waals surface area contributed by atoms with Crippen molar-refractivity contribution in [2.24, 2.45) is 10.4 Å². The largest absolute Gasteiger partial charge is 0.396 e. The number of hydrogen-bond donors (Lipinski definition) is 3. The van der Waals surface area contributed by atoms with Crippen molar-refractivity contribution in [3.8, 4) is 0 Å². The van der Waals surface area contributed by atoms with Crippen molar-refractivity contribution < 1.29 is 9.84 Å². The second-order valence-corrected chi connectivity index (χ2v) is 7.77. The van der Waals surface area contributed by atoms with E-state index in [1.807, 2.05) is 0 Å². The number of nitrogens with zero attached hydrogens (tertiary/aromatic N) is 2. The van der Waals surface area contributed by atoms with Crippen LogP contribution in [0.2, 0.25) is 0 Å². The van der Waals surface area contributed by atoms with Gasteiger partial charge in [0.1, 0.15) is 0 Å². The van der Waals surface area contributed by atoms with Gasteiger partial charge >= 0.3 is 0 Å². The zero-order chi connectivity index (χ0) is 19.1. The van der Waals surface area contributed by atoms with E-state index in [9.17, 15) is 5.11 Å². The molecule has 3 rings (SSSR count).